The number of nitrogens with zero attached hydrogens (tertiary/aromatic N) is 2. The summed E-state index contributed by atoms with van der Waals surface area (Å²) in [7, 11) is 1.66. The number of benzene rings is 4. The number of likely N-dealkylation sites (N-methyl/N-ethyl adjacent to an activating group) is 1. The molecule has 0 fully saturated rings. The summed E-state index contributed by atoms with van der Waals surface area (Å²) in [6.45, 7) is 3.89. The van der Waals surface area contributed by atoms with Crippen LogP contribution in [0.1, 0.15) is 33.1 Å². The number of rotatable bonds is 6. The maximum absolute atomic E-state index is 14.2. The third kappa shape index (κ3) is 5.40. The fourth-order valence-electron chi connectivity index (χ4n) is 4.82. The van der Waals surface area contributed by atoms with Gasteiger partial charge in [-0.05, 0) is 54.8 Å². The Morgan fingerprint density at radius 3 is 2.15 bits per heavy atom. The Bertz CT molecular complexity index is 1650. The van der Waals surface area contributed by atoms with Crippen molar-refractivity contribution in [3.05, 3.63) is 130 Å². The molecular formula is C33H28ClN3O2. The molecule has 39 heavy (non-hydrogen) atoms. The predicted octanol–water partition coefficient (Wildman–Crippen LogP) is 7.62. The molecule has 0 bridgehead atoms. The maximum Gasteiger partial charge on any atom is 0.255 e. The fourth-order valence-corrected chi connectivity index (χ4v) is 4.94. The number of carbonyl (C=O) groups excluding carboxylic acids is 2. The summed E-state index contributed by atoms with van der Waals surface area (Å²) < 4.78 is 0. The average molecular weight is 534 g/mol. The van der Waals surface area contributed by atoms with Gasteiger partial charge in [0.1, 0.15) is 6.04 Å². The van der Waals surface area contributed by atoms with Gasteiger partial charge in [0.25, 0.3) is 11.8 Å². The molecule has 1 atom stereocenters. The molecule has 1 heterocycles. The second kappa shape index (κ2) is 11.1. The molecule has 4 aromatic carbocycles. The normalized spacial score (nSPS) is 11.7. The van der Waals surface area contributed by atoms with Crippen LogP contribution in [0.15, 0.2) is 103 Å². The van der Waals surface area contributed by atoms with Gasteiger partial charge in [-0.3, -0.25) is 9.59 Å². The van der Waals surface area contributed by atoms with Crippen molar-refractivity contribution in [3.63, 3.8) is 0 Å². The van der Waals surface area contributed by atoms with Crippen molar-refractivity contribution in [1.82, 2.24) is 9.88 Å². The van der Waals surface area contributed by atoms with Crippen molar-refractivity contribution in [3.8, 4) is 11.3 Å². The molecule has 0 saturated heterocycles. The van der Waals surface area contributed by atoms with Gasteiger partial charge in [-0.1, -0.05) is 90.5 Å². The van der Waals surface area contributed by atoms with Crippen LogP contribution in [0.25, 0.3) is 22.2 Å². The first-order chi connectivity index (χ1) is 18.8. The smallest absolute Gasteiger partial charge is 0.255 e. The number of fused-ring (bicyclic) bond motifs is 1. The maximum atomic E-state index is 14.2. The molecule has 2 amide bonds. The van der Waals surface area contributed by atoms with Crippen LogP contribution in [0.5, 0.6) is 0 Å². The minimum absolute atomic E-state index is 0.289. The largest absolute Gasteiger partial charge is 0.326 e. The van der Waals surface area contributed by atoms with Crippen LogP contribution in [-0.2, 0) is 4.79 Å². The van der Waals surface area contributed by atoms with Crippen LogP contribution >= 0.6 is 11.6 Å². The van der Waals surface area contributed by atoms with E-state index in [2.05, 4.69) is 5.32 Å². The molecule has 194 valence electrons. The summed E-state index contributed by atoms with van der Waals surface area (Å²) in [5.41, 5.74) is 6.05. The van der Waals surface area contributed by atoms with E-state index in [0.29, 0.717) is 27.4 Å². The van der Waals surface area contributed by atoms with Crippen molar-refractivity contribution in [2.75, 3.05) is 12.4 Å². The molecule has 6 heteroatoms. The van der Waals surface area contributed by atoms with Gasteiger partial charge < -0.3 is 10.2 Å². The van der Waals surface area contributed by atoms with Gasteiger partial charge in [-0.25, -0.2) is 4.98 Å². The predicted molar refractivity (Wildman–Crippen MR) is 158 cm³/mol. The van der Waals surface area contributed by atoms with Gasteiger partial charge in [0.05, 0.1) is 16.8 Å². The lowest BCUT2D eigenvalue weighted by atomic mass is 10.00. The molecule has 5 rings (SSSR count). The van der Waals surface area contributed by atoms with Gasteiger partial charge in [0, 0.05) is 28.7 Å². The molecule has 0 spiro atoms. The fraction of sp³-hybridized carbons (Fsp3) is 0.121. The highest BCUT2D eigenvalue weighted by Gasteiger charge is 2.31. The monoisotopic (exact) mass is 533 g/mol. The van der Waals surface area contributed by atoms with E-state index in [9.17, 15) is 9.59 Å². The van der Waals surface area contributed by atoms with Crippen LogP contribution in [0, 0.1) is 13.8 Å². The second-order valence-corrected chi connectivity index (χ2v) is 10.0. The standard InChI is InChI=1S/C33H28ClN3O2/c1-21-10-9-11-22(2)30(21)36-32(38)31(24-16-18-25(34)19-17-24)37(3)33(39)27-20-29(23-12-5-4-6-13-23)35-28-15-8-7-14-26(27)28/h4-20,31H,1-3H3,(H,36,38)/t31-/m0/s1. The molecule has 1 aromatic heterocycles. The first-order valence-corrected chi connectivity index (χ1v) is 13.1. The van der Waals surface area contributed by atoms with E-state index in [-0.39, 0.29) is 11.8 Å². The highest BCUT2D eigenvalue weighted by molar-refractivity contribution is 6.30. The number of hydrogen-bond acceptors (Lipinski definition) is 3. The van der Waals surface area contributed by atoms with Gasteiger partial charge in [0.2, 0.25) is 0 Å². The summed E-state index contributed by atoms with van der Waals surface area (Å²) in [6.07, 6.45) is 0. The topological polar surface area (TPSA) is 62.3 Å². The summed E-state index contributed by atoms with van der Waals surface area (Å²) in [5, 5.41) is 4.35. The average Bonchev–Trinajstić information content (AvgIpc) is 2.95. The van der Waals surface area contributed by atoms with Gasteiger partial charge in [-0.15, -0.1) is 0 Å². The molecule has 1 N–H and O–H groups in total. The Kier molecular flexibility index (Phi) is 7.44. The number of amides is 2. The Balaban J connectivity index is 1.59. The second-order valence-electron chi connectivity index (χ2n) is 9.56. The van der Waals surface area contributed by atoms with Crippen molar-refractivity contribution in [2.45, 2.75) is 19.9 Å². The van der Waals surface area contributed by atoms with E-state index >= 15 is 0 Å². The lowest BCUT2D eigenvalue weighted by molar-refractivity contribution is -0.120. The molecule has 0 radical (unpaired) electrons. The number of nitrogens with one attached hydrogen (secondary N) is 1. The van der Waals surface area contributed by atoms with Crippen LogP contribution < -0.4 is 5.32 Å². The van der Waals surface area contributed by atoms with Crippen molar-refractivity contribution >= 4 is 40.0 Å². The number of carbonyl (C=O) groups is 2. The van der Waals surface area contributed by atoms with E-state index in [1.807, 2.05) is 86.6 Å². The molecular weight excluding hydrogens is 506 g/mol. The first kappa shape index (κ1) is 26.1. The molecule has 0 aliphatic carbocycles. The van der Waals surface area contributed by atoms with Crippen LogP contribution in [0.4, 0.5) is 5.69 Å². The van der Waals surface area contributed by atoms with Gasteiger partial charge in [0.15, 0.2) is 0 Å². The number of aromatic nitrogens is 1. The summed E-state index contributed by atoms with van der Waals surface area (Å²) in [4.78, 5) is 34.4. The van der Waals surface area contributed by atoms with Gasteiger partial charge in [-0.2, -0.15) is 0 Å². The van der Waals surface area contributed by atoms with Crippen molar-refractivity contribution in [1.29, 1.82) is 0 Å². The SMILES string of the molecule is Cc1cccc(C)c1NC(=O)[C@H](c1ccc(Cl)cc1)N(C)C(=O)c1cc(-c2ccccc2)nc2ccccc12. The Hall–Kier alpha value is -4.48. The zero-order valence-electron chi connectivity index (χ0n) is 22.0. The molecule has 5 aromatic rings. The Labute approximate surface area is 233 Å². The summed E-state index contributed by atoms with van der Waals surface area (Å²) in [5.74, 6) is -0.602. The minimum atomic E-state index is -0.902. The molecule has 0 aliphatic heterocycles. The van der Waals surface area contributed by atoms with Crippen molar-refractivity contribution < 1.29 is 9.59 Å². The molecule has 0 aliphatic rings. The van der Waals surface area contributed by atoms with Crippen LogP contribution in [0.2, 0.25) is 5.02 Å². The third-order valence-electron chi connectivity index (χ3n) is 6.89. The zero-order chi connectivity index (χ0) is 27.5. The number of anilines is 1. The number of halogens is 1. The number of pyridine rings is 1. The minimum Gasteiger partial charge on any atom is -0.326 e. The summed E-state index contributed by atoms with van der Waals surface area (Å²) in [6, 6.07) is 31.1. The lowest BCUT2D eigenvalue weighted by Crippen LogP contribution is -2.39. The van der Waals surface area contributed by atoms with Gasteiger partial charge >= 0.3 is 0 Å². The van der Waals surface area contributed by atoms with E-state index < -0.39 is 6.04 Å². The summed E-state index contributed by atoms with van der Waals surface area (Å²) >= 11 is 6.16. The molecule has 0 saturated carbocycles. The van der Waals surface area contributed by atoms with E-state index in [1.165, 1.54) is 4.90 Å². The van der Waals surface area contributed by atoms with E-state index in [1.54, 1.807) is 37.4 Å². The van der Waals surface area contributed by atoms with E-state index in [4.69, 9.17) is 16.6 Å². The lowest BCUT2D eigenvalue weighted by Gasteiger charge is -2.29. The quantitative estimate of drug-likeness (QED) is 0.244. The highest BCUT2D eigenvalue weighted by atomic mass is 35.5. The molecule has 0 unspecified atom stereocenters. The highest BCUT2D eigenvalue weighted by Crippen LogP contribution is 2.30. The number of aryl methyl sites for hydroxylation is 2. The van der Waals surface area contributed by atoms with Crippen molar-refractivity contribution in [2.24, 2.45) is 0 Å². The Morgan fingerprint density at radius 2 is 1.46 bits per heavy atom. The van der Waals surface area contributed by atoms with E-state index in [0.717, 1.165) is 27.8 Å². The Morgan fingerprint density at radius 1 is 0.821 bits per heavy atom. The van der Waals surface area contributed by atoms with Crippen LogP contribution in [-0.4, -0.2) is 28.7 Å². The number of hydrogen-bond donors (Lipinski definition) is 1. The molecule has 5 nitrogen and oxygen atoms in total. The third-order valence-corrected chi connectivity index (χ3v) is 7.14. The zero-order valence-corrected chi connectivity index (χ0v) is 22.7. The van der Waals surface area contributed by atoms with Crippen LogP contribution in [0.3, 0.4) is 0 Å². The first-order valence-electron chi connectivity index (χ1n) is 12.7. The number of para-hydroxylation sites is 2.